The zero-order valence-corrected chi connectivity index (χ0v) is 26.9. The van der Waals surface area contributed by atoms with Crippen LogP contribution in [0.4, 0.5) is 9.18 Å². The Morgan fingerprint density at radius 2 is 1.68 bits per heavy atom. The van der Waals surface area contributed by atoms with E-state index in [1.807, 2.05) is 6.07 Å². The molecule has 0 N–H and O–H groups in total. The van der Waals surface area contributed by atoms with E-state index in [1.165, 1.54) is 17.0 Å². The van der Waals surface area contributed by atoms with E-state index in [4.69, 9.17) is 9.16 Å². The molecular formula is C28H39BrFNO5SSi. The summed E-state index contributed by atoms with van der Waals surface area (Å²) in [4.78, 5) is 15.1. The summed E-state index contributed by atoms with van der Waals surface area (Å²) in [5, 5.41) is -1.06. The molecule has 2 aromatic carbocycles. The molecule has 2 aromatic rings. The third-order valence-corrected chi connectivity index (χ3v) is 14.5. The number of carbonyl (C=O) groups is 1. The smallest absolute Gasteiger partial charge is 0.410 e. The molecule has 0 saturated heterocycles. The molecule has 2 atom stereocenters. The van der Waals surface area contributed by atoms with Gasteiger partial charge in [-0.2, -0.15) is 0 Å². The van der Waals surface area contributed by atoms with Crippen LogP contribution in [-0.4, -0.2) is 52.5 Å². The number of rotatable bonds is 7. The summed E-state index contributed by atoms with van der Waals surface area (Å²) in [6.07, 6.45) is -0.258. The lowest BCUT2D eigenvalue weighted by Gasteiger charge is -2.38. The van der Waals surface area contributed by atoms with E-state index in [0.717, 1.165) is 22.2 Å². The Morgan fingerprint density at radius 1 is 1.08 bits per heavy atom. The molecule has 0 aliphatic heterocycles. The standard InChI is InChI=1S/C28H39BrFNO5SSi/c1-27(2,3)36-26(32)31(15-16-35-38(7,8)28(4,5)6)24-18-19-17-20(29)9-14-23(19)25(24)37(33,34)22-12-10-21(30)11-13-22/h9-14,17,24-25H,15-16,18H2,1-8H3. The van der Waals surface area contributed by atoms with Gasteiger partial charge in [-0.3, -0.25) is 0 Å². The van der Waals surface area contributed by atoms with Crippen LogP contribution in [0.5, 0.6) is 0 Å². The number of halogens is 2. The Morgan fingerprint density at radius 3 is 2.24 bits per heavy atom. The molecule has 0 radical (unpaired) electrons. The number of fused-ring (bicyclic) bond motifs is 1. The van der Waals surface area contributed by atoms with Crippen LogP contribution in [0.3, 0.4) is 0 Å². The summed E-state index contributed by atoms with van der Waals surface area (Å²) in [5.41, 5.74) is 0.690. The van der Waals surface area contributed by atoms with Crippen molar-refractivity contribution in [3.8, 4) is 0 Å². The molecule has 0 saturated carbocycles. The van der Waals surface area contributed by atoms with E-state index in [0.29, 0.717) is 12.0 Å². The van der Waals surface area contributed by atoms with Gasteiger partial charge in [0.15, 0.2) is 18.2 Å². The predicted molar refractivity (Wildman–Crippen MR) is 154 cm³/mol. The maximum absolute atomic E-state index is 14.0. The lowest BCUT2D eigenvalue weighted by atomic mass is 10.1. The van der Waals surface area contributed by atoms with Crippen molar-refractivity contribution in [2.24, 2.45) is 0 Å². The normalized spacial score (nSPS) is 18.3. The van der Waals surface area contributed by atoms with Crippen molar-refractivity contribution < 1.29 is 26.8 Å². The maximum Gasteiger partial charge on any atom is 0.410 e. The van der Waals surface area contributed by atoms with Crippen LogP contribution in [0.2, 0.25) is 18.1 Å². The number of hydrogen-bond donors (Lipinski definition) is 0. The van der Waals surface area contributed by atoms with Crippen LogP contribution in [0.1, 0.15) is 57.9 Å². The molecule has 0 bridgehead atoms. The van der Waals surface area contributed by atoms with E-state index in [1.54, 1.807) is 32.9 Å². The minimum atomic E-state index is -3.99. The highest BCUT2D eigenvalue weighted by atomic mass is 79.9. The highest BCUT2D eigenvalue weighted by Gasteiger charge is 2.47. The lowest BCUT2D eigenvalue weighted by Crippen LogP contribution is -2.49. The van der Waals surface area contributed by atoms with Crippen molar-refractivity contribution in [1.29, 1.82) is 0 Å². The Bertz CT molecular complexity index is 1270. The van der Waals surface area contributed by atoms with Crippen LogP contribution in [0.15, 0.2) is 51.8 Å². The molecule has 6 nitrogen and oxygen atoms in total. The van der Waals surface area contributed by atoms with Crippen molar-refractivity contribution in [3.63, 3.8) is 0 Å². The van der Waals surface area contributed by atoms with Gasteiger partial charge < -0.3 is 14.1 Å². The zero-order chi connectivity index (χ0) is 28.7. The molecule has 0 spiro atoms. The molecule has 1 amide bonds. The summed E-state index contributed by atoms with van der Waals surface area (Å²) < 4.78 is 54.7. The van der Waals surface area contributed by atoms with E-state index >= 15 is 0 Å². The number of nitrogens with zero attached hydrogens (tertiary/aromatic N) is 1. The Hall–Kier alpha value is -1.75. The molecule has 0 heterocycles. The summed E-state index contributed by atoms with van der Waals surface area (Å²) in [7, 11) is -6.11. The second-order valence-electron chi connectivity index (χ2n) is 12.3. The zero-order valence-electron chi connectivity index (χ0n) is 23.5. The monoisotopic (exact) mass is 627 g/mol. The topological polar surface area (TPSA) is 72.9 Å². The van der Waals surface area contributed by atoms with Gasteiger partial charge >= 0.3 is 6.09 Å². The Balaban J connectivity index is 2.06. The fourth-order valence-corrected chi connectivity index (χ4v) is 7.79. The SMILES string of the molecule is CC(C)(C)OC(=O)N(CCO[Si](C)(C)C(C)(C)C)C1Cc2cc(Br)ccc2C1S(=O)(=O)c1ccc(F)cc1. The largest absolute Gasteiger partial charge is 0.444 e. The average molecular weight is 629 g/mol. The molecule has 3 rings (SSSR count). The van der Waals surface area contributed by atoms with Crippen LogP contribution < -0.4 is 0 Å². The van der Waals surface area contributed by atoms with E-state index < -0.39 is 47.0 Å². The molecule has 0 fully saturated rings. The number of carbonyl (C=O) groups excluding carboxylic acids is 1. The van der Waals surface area contributed by atoms with Crippen LogP contribution in [0, 0.1) is 5.82 Å². The second kappa shape index (κ2) is 11.0. The number of hydrogen-bond acceptors (Lipinski definition) is 5. The fourth-order valence-electron chi connectivity index (χ4n) is 4.32. The minimum Gasteiger partial charge on any atom is -0.444 e. The molecule has 210 valence electrons. The van der Waals surface area contributed by atoms with Gasteiger partial charge in [-0.25, -0.2) is 17.6 Å². The summed E-state index contributed by atoms with van der Waals surface area (Å²) in [6, 6.07) is 9.57. The van der Waals surface area contributed by atoms with Gasteiger partial charge in [0, 0.05) is 11.0 Å². The van der Waals surface area contributed by atoms with Gasteiger partial charge in [0.1, 0.15) is 16.7 Å². The number of benzene rings is 2. The first-order valence-electron chi connectivity index (χ1n) is 12.7. The molecule has 0 aromatic heterocycles. The third kappa shape index (κ3) is 6.87. The van der Waals surface area contributed by atoms with Gasteiger partial charge in [0.2, 0.25) is 0 Å². The van der Waals surface area contributed by atoms with Gasteiger partial charge in [-0.05, 0) is 92.8 Å². The molecule has 1 aliphatic rings. The van der Waals surface area contributed by atoms with Crippen LogP contribution in [-0.2, 0) is 25.4 Å². The average Bonchev–Trinajstić information content (AvgIpc) is 3.13. The quantitative estimate of drug-likeness (QED) is 0.238. The van der Waals surface area contributed by atoms with Gasteiger partial charge in [-0.15, -0.1) is 0 Å². The number of sulfone groups is 1. The van der Waals surface area contributed by atoms with E-state index in [-0.39, 0.29) is 23.1 Å². The summed E-state index contributed by atoms with van der Waals surface area (Å²) in [6.45, 7) is 16.5. The molecule has 10 heteroatoms. The van der Waals surface area contributed by atoms with E-state index in [9.17, 15) is 17.6 Å². The first-order valence-corrected chi connectivity index (χ1v) is 18.0. The van der Waals surface area contributed by atoms with Gasteiger partial charge in [-0.1, -0.05) is 42.8 Å². The minimum absolute atomic E-state index is 0.00586. The van der Waals surface area contributed by atoms with Crippen LogP contribution >= 0.6 is 15.9 Å². The Kier molecular flexibility index (Phi) is 8.93. The highest BCUT2D eigenvalue weighted by Crippen LogP contribution is 2.44. The highest BCUT2D eigenvalue weighted by molar-refractivity contribution is 9.10. The van der Waals surface area contributed by atoms with Gasteiger partial charge in [0.25, 0.3) is 0 Å². The second-order valence-corrected chi connectivity index (χ2v) is 20.1. The molecule has 1 aliphatic carbocycles. The molecule has 38 heavy (non-hydrogen) atoms. The van der Waals surface area contributed by atoms with Crippen molar-refractivity contribution >= 4 is 40.2 Å². The van der Waals surface area contributed by atoms with Gasteiger partial charge in [0.05, 0.1) is 17.5 Å². The molecular weight excluding hydrogens is 589 g/mol. The predicted octanol–water partition coefficient (Wildman–Crippen LogP) is 7.29. The Labute approximate surface area is 236 Å². The van der Waals surface area contributed by atoms with E-state index in [2.05, 4.69) is 49.8 Å². The number of amides is 1. The van der Waals surface area contributed by atoms with Crippen LogP contribution in [0.25, 0.3) is 0 Å². The summed E-state index contributed by atoms with van der Waals surface area (Å²) in [5.74, 6) is -0.519. The summed E-state index contributed by atoms with van der Waals surface area (Å²) >= 11 is 3.48. The number of ether oxygens (including phenoxy) is 1. The maximum atomic E-state index is 14.0. The first-order chi connectivity index (χ1) is 17.3. The first kappa shape index (κ1) is 30.8. The van der Waals surface area contributed by atoms with Crippen molar-refractivity contribution in [2.75, 3.05) is 13.2 Å². The van der Waals surface area contributed by atoms with Crippen molar-refractivity contribution in [3.05, 3.63) is 63.9 Å². The van der Waals surface area contributed by atoms with Crippen molar-refractivity contribution in [1.82, 2.24) is 4.90 Å². The fraction of sp³-hybridized carbons (Fsp3) is 0.536. The van der Waals surface area contributed by atoms with Crippen molar-refractivity contribution in [2.45, 2.75) is 87.9 Å². The molecule has 2 unspecified atom stereocenters. The third-order valence-electron chi connectivity index (χ3n) is 7.30. The lowest BCUT2D eigenvalue weighted by molar-refractivity contribution is 0.0132.